The van der Waals surface area contributed by atoms with E-state index >= 15 is 0 Å². The number of nitrogens with one attached hydrogen (secondary N) is 1. The van der Waals surface area contributed by atoms with Gasteiger partial charge in [-0.1, -0.05) is 11.6 Å². The number of carbonyl (C=O) groups excluding carboxylic acids is 1. The van der Waals surface area contributed by atoms with E-state index in [1.165, 1.54) is 19.5 Å². The summed E-state index contributed by atoms with van der Waals surface area (Å²) in [7, 11) is 1.48. The van der Waals surface area contributed by atoms with Gasteiger partial charge < -0.3 is 10.1 Å². The Balaban J connectivity index is 2.24. The first-order valence-corrected chi connectivity index (χ1v) is 5.50. The van der Waals surface area contributed by atoms with Gasteiger partial charge >= 0.3 is 0 Å². The molecule has 2 aromatic heterocycles. The van der Waals surface area contributed by atoms with E-state index in [-0.39, 0.29) is 5.91 Å². The highest BCUT2D eigenvalue weighted by atomic mass is 35.5. The Hall–Kier alpha value is -2.14. The number of methoxy groups -OCH3 is 1. The Bertz CT molecular complexity index is 575. The van der Waals surface area contributed by atoms with Gasteiger partial charge in [-0.3, -0.25) is 9.78 Å². The number of carbonyl (C=O) groups is 1. The summed E-state index contributed by atoms with van der Waals surface area (Å²) in [4.78, 5) is 19.8. The minimum Gasteiger partial charge on any atom is -0.480 e. The molecule has 0 saturated heterocycles. The number of pyridine rings is 2. The number of amides is 1. The van der Waals surface area contributed by atoms with Crippen molar-refractivity contribution in [1.82, 2.24) is 9.97 Å². The average molecular weight is 264 g/mol. The monoisotopic (exact) mass is 263 g/mol. The highest BCUT2D eigenvalue weighted by Crippen LogP contribution is 2.22. The van der Waals surface area contributed by atoms with Gasteiger partial charge in [0.05, 0.1) is 17.7 Å². The number of ether oxygens (including phenoxy) is 1. The summed E-state index contributed by atoms with van der Waals surface area (Å²) >= 11 is 5.91. The van der Waals surface area contributed by atoms with Crippen LogP contribution in [0.3, 0.4) is 0 Å². The van der Waals surface area contributed by atoms with E-state index < -0.39 is 0 Å². The lowest BCUT2D eigenvalue weighted by Gasteiger charge is -2.09. The van der Waals surface area contributed by atoms with E-state index in [0.29, 0.717) is 22.2 Å². The molecule has 0 aliphatic carbocycles. The van der Waals surface area contributed by atoms with E-state index in [2.05, 4.69) is 15.3 Å². The van der Waals surface area contributed by atoms with Crippen LogP contribution >= 0.6 is 11.6 Å². The SMILES string of the molecule is COc1ncccc1NC(=O)c1cnccc1Cl. The molecule has 2 aromatic rings. The molecule has 18 heavy (non-hydrogen) atoms. The molecule has 6 heteroatoms. The van der Waals surface area contributed by atoms with Gasteiger partial charge in [0.1, 0.15) is 5.69 Å². The van der Waals surface area contributed by atoms with Crippen LogP contribution in [0, 0.1) is 0 Å². The number of nitrogens with zero attached hydrogens (tertiary/aromatic N) is 2. The molecule has 0 spiro atoms. The van der Waals surface area contributed by atoms with Crippen molar-refractivity contribution in [2.45, 2.75) is 0 Å². The molecule has 5 nitrogen and oxygen atoms in total. The number of hydrogen-bond donors (Lipinski definition) is 1. The fraction of sp³-hybridized carbons (Fsp3) is 0.0833. The Morgan fingerprint density at radius 1 is 1.39 bits per heavy atom. The van der Waals surface area contributed by atoms with E-state index in [1.807, 2.05) is 0 Å². The van der Waals surface area contributed by atoms with Gasteiger partial charge in [0.25, 0.3) is 5.91 Å². The van der Waals surface area contributed by atoms with Crippen LogP contribution in [0.15, 0.2) is 36.8 Å². The summed E-state index contributed by atoms with van der Waals surface area (Å²) in [6.45, 7) is 0. The van der Waals surface area contributed by atoms with E-state index in [1.54, 1.807) is 24.4 Å². The number of hydrogen-bond acceptors (Lipinski definition) is 4. The standard InChI is InChI=1S/C12H10ClN3O2/c1-18-12-10(3-2-5-15-12)16-11(17)8-7-14-6-4-9(8)13/h2-7H,1H3,(H,16,17). The third kappa shape index (κ3) is 2.57. The van der Waals surface area contributed by atoms with Crippen molar-refractivity contribution in [2.75, 3.05) is 12.4 Å². The first-order valence-electron chi connectivity index (χ1n) is 5.12. The number of halogens is 1. The van der Waals surface area contributed by atoms with E-state index in [4.69, 9.17) is 16.3 Å². The summed E-state index contributed by atoms with van der Waals surface area (Å²) in [6.07, 6.45) is 4.50. The van der Waals surface area contributed by atoms with Gasteiger partial charge in [0.2, 0.25) is 5.88 Å². The maximum absolute atomic E-state index is 12.0. The van der Waals surface area contributed by atoms with Gasteiger partial charge in [-0.05, 0) is 18.2 Å². The van der Waals surface area contributed by atoms with Crippen LogP contribution in [0.4, 0.5) is 5.69 Å². The van der Waals surface area contributed by atoms with Crippen molar-refractivity contribution in [1.29, 1.82) is 0 Å². The second-order valence-electron chi connectivity index (χ2n) is 3.37. The molecule has 0 bridgehead atoms. The Labute approximate surface area is 109 Å². The van der Waals surface area contributed by atoms with E-state index in [0.717, 1.165) is 0 Å². The molecule has 92 valence electrons. The third-order valence-electron chi connectivity index (χ3n) is 2.23. The topological polar surface area (TPSA) is 64.1 Å². The Morgan fingerprint density at radius 3 is 2.94 bits per heavy atom. The van der Waals surface area contributed by atoms with Crippen molar-refractivity contribution in [3.63, 3.8) is 0 Å². The summed E-state index contributed by atoms with van der Waals surface area (Å²) in [6, 6.07) is 4.94. The molecule has 0 aliphatic rings. The first kappa shape index (κ1) is 12.3. The molecule has 2 heterocycles. The van der Waals surface area contributed by atoms with E-state index in [9.17, 15) is 4.79 Å². The van der Waals surface area contributed by atoms with Gasteiger partial charge in [-0.15, -0.1) is 0 Å². The zero-order chi connectivity index (χ0) is 13.0. The highest BCUT2D eigenvalue weighted by molar-refractivity contribution is 6.34. The fourth-order valence-electron chi connectivity index (χ4n) is 1.38. The zero-order valence-corrected chi connectivity index (χ0v) is 10.3. The molecule has 1 N–H and O–H groups in total. The Morgan fingerprint density at radius 2 is 2.22 bits per heavy atom. The highest BCUT2D eigenvalue weighted by Gasteiger charge is 2.13. The normalized spacial score (nSPS) is 9.89. The van der Waals surface area contributed by atoms with Crippen molar-refractivity contribution in [3.05, 3.63) is 47.4 Å². The van der Waals surface area contributed by atoms with Gasteiger partial charge in [-0.2, -0.15) is 0 Å². The summed E-state index contributed by atoms with van der Waals surface area (Å²) in [5, 5.41) is 3.01. The quantitative estimate of drug-likeness (QED) is 0.923. The van der Waals surface area contributed by atoms with Crippen LogP contribution in [0.5, 0.6) is 5.88 Å². The summed E-state index contributed by atoms with van der Waals surface area (Å²) in [5.41, 5.74) is 0.773. The smallest absolute Gasteiger partial charge is 0.258 e. The number of aromatic nitrogens is 2. The van der Waals surface area contributed by atoms with Crippen LogP contribution in [0.2, 0.25) is 5.02 Å². The Kier molecular flexibility index (Phi) is 3.74. The maximum Gasteiger partial charge on any atom is 0.258 e. The fourth-order valence-corrected chi connectivity index (χ4v) is 1.57. The molecule has 0 saturated carbocycles. The summed E-state index contributed by atoms with van der Waals surface area (Å²) in [5.74, 6) is -0.0229. The molecular weight excluding hydrogens is 254 g/mol. The average Bonchev–Trinajstić information content (AvgIpc) is 2.39. The summed E-state index contributed by atoms with van der Waals surface area (Å²) < 4.78 is 5.04. The lowest BCUT2D eigenvalue weighted by molar-refractivity contribution is 0.102. The second-order valence-corrected chi connectivity index (χ2v) is 3.78. The van der Waals surface area contributed by atoms with Crippen molar-refractivity contribution in [2.24, 2.45) is 0 Å². The zero-order valence-electron chi connectivity index (χ0n) is 9.55. The molecule has 2 rings (SSSR count). The third-order valence-corrected chi connectivity index (χ3v) is 2.55. The molecule has 0 atom stereocenters. The molecule has 0 fully saturated rings. The minimum atomic E-state index is -0.362. The molecule has 0 aliphatic heterocycles. The molecular formula is C12H10ClN3O2. The van der Waals surface area contributed by atoms with Gasteiger partial charge in [0.15, 0.2) is 0 Å². The predicted octanol–water partition coefficient (Wildman–Crippen LogP) is 2.39. The second kappa shape index (κ2) is 5.46. The van der Waals surface area contributed by atoms with Crippen LogP contribution in [0.1, 0.15) is 10.4 Å². The van der Waals surface area contributed by atoms with Crippen LogP contribution in [0.25, 0.3) is 0 Å². The number of anilines is 1. The molecule has 0 radical (unpaired) electrons. The predicted molar refractivity (Wildman–Crippen MR) is 68.0 cm³/mol. The van der Waals surface area contributed by atoms with Crippen molar-refractivity contribution < 1.29 is 9.53 Å². The molecule has 1 amide bonds. The van der Waals surface area contributed by atoms with Crippen molar-refractivity contribution in [3.8, 4) is 5.88 Å². The number of rotatable bonds is 3. The van der Waals surface area contributed by atoms with Crippen LogP contribution in [-0.4, -0.2) is 23.0 Å². The van der Waals surface area contributed by atoms with Crippen LogP contribution in [-0.2, 0) is 0 Å². The van der Waals surface area contributed by atoms with Crippen molar-refractivity contribution >= 4 is 23.2 Å². The lowest BCUT2D eigenvalue weighted by Crippen LogP contribution is -2.13. The van der Waals surface area contributed by atoms with Gasteiger partial charge in [0, 0.05) is 18.6 Å². The lowest BCUT2D eigenvalue weighted by atomic mass is 10.2. The molecule has 0 aromatic carbocycles. The van der Waals surface area contributed by atoms with Gasteiger partial charge in [-0.25, -0.2) is 4.98 Å². The molecule has 0 unspecified atom stereocenters. The largest absolute Gasteiger partial charge is 0.480 e. The van der Waals surface area contributed by atoms with Crippen LogP contribution < -0.4 is 10.1 Å². The maximum atomic E-state index is 12.0. The minimum absolute atomic E-state index is 0.296. The first-order chi connectivity index (χ1) is 8.72.